The number of hydrogen-bond donors (Lipinski definition) is 1. The molecular weight excluding hydrogens is 381 g/mol. The van der Waals surface area contributed by atoms with Crippen LogP contribution in [0.4, 0.5) is 22.0 Å². The van der Waals surface area contributed by atoms with Crippen molar-refractivity contribution in [1.29, 1.82) is 0 Å². The van der Waals surface area contributed by atoms with Gasteiger partial charge in [-0.15, -0.1) is 0 Å². The molecule has 12 heteroatoms. The van der Waals surface area contributed by atoms with Crippen molar-refractivity contribution in [2.75, 3.05) is 6.54 Å². The lowest BCUT2D eigenvalue weighted by Gasteiger charge is -2.17. The summed E-state index contributed by atoms with van der Waals surface area (Å²) >= 11 is 1.18. The molecule has 0 radical (unpaired) electrons. The molecule has 0 saturated carbocycles. The minimum absolute atomic E-state index is 0.0446. The molecule has 2 N–H and O–H groups in total. The number of fused-ring (bicyclic) bond motifs is 1. The Kier molecular flexibility index (Phi) is 5.44. The molecule has 6 nitrogen and oxygen atoms in total. The van der Waals surface area contributed by atoms with E-state index in [4.69, 9.17) is 5.73 Å². The first kappa shape index (κ1) is 19.9. The largest absolute Gasteiger partial charge is 0.455 e. The Balaban J connectivity index is 2.46. The molecule has 0 fully saturated rings. The van der Waals surface area contributed by atoms with Crippen LogP contribution in [0.1, 0.15) is 23.2 Å². The summed E-state index contributed by atoms with van der Waals surface area (Å²) in [5, 5.41) is 4.57. The molecule has 0 saturated heterocycles. The number of rotatable bonds is 5. The van der Waals surface area contributed by atoms with E-state index >= 15 is 0 Å². The summed E-state index contributed by atoms with van der Waals surface area (Å²) in [6.45, 7) is 1.56. The molecule has 142 valence electrons. The van der Waals surface area contributed by atoms with Gasteiger partial charge in [-0.05, 0) is 13.3 Å². The number of aromatic nitrogens is 3. The predicted molar refractivity (Wildman–Crippen MR) is 87.8 cm³/mol. The normalized spacial score (nSPS) is 13.9. The Morgan fingerprint density at radius 2 is 2.00 bits per heavy atom. The summed E-state index contributed by atoms with van der Waals surface area (Å²) in [6.07, 6.45) is -3.80. The van der Waals surface area contributed by atoms with E-state index in [0.29, 0.717) is 28.3 Å². The first-order valence-corrected chi connectivity index (χ1v) is 8.09. The maximum atomic E-state index is 12.9. The van der Waals surface area contributed by atoms with Gasteiger partial charge in [-0.3, -0.25) is 9.79 Å². The molecule has 0 unspecified atom stereocenters. The highest BCUT2D eigenvalue weighted by atomic mass is 32.1. The third-order valence-corrected chi connectivity index (χ3v) is 4.15. The Morgan fingerprint density at radius 1 is 1.35 bits per heavy atom. The number of nitrogens with two attached hydrogens (primary N) is 1. The number of hydrogen-bond acceptors (Lipinski definition) is 6. The van der Waals surface area contributed by atoms with Gasteiger partial charge in [0, 0.05) is 18.0 Å². The molecule has 2 heterocycles. The van der Waals surface area contributed by atoms with Crippen LogP contribution in [-0.2, 0) is 6.42 Å². The van der Waals surface area contributed by atoms with Gasteiger partial charge in [-0.2, -0.15) is 31.6 Å². The smallest absolute Gasteiger partial charge is 0.404 e. The third kappa shape index (κ3) is 3.74. The molecule has 2 aromatic heterocycles. The molecule has 0 aliphatic carbocycles. The fraction of sp³-hybridized carbons (Fsp3) is 0.429. The van der Waals surface area contributed by atoms with Crippen LogP contribution < -0.4 is 11.3 Å². The highest BCUT2D eigenvalue weighted by Crippen LogP contribution is 2.35. The van der Waals surface area contributed by atoms with E-state index in [1.54, 1.807) is 13.8 Å². The summed E-state index contributed by atoms with van der Waals surface area (Å²) in [5.41, 5.74) is 4.97. The van der Waals surface area contributed by atoms with Crippen LogP contribution in [0.25, 0.3) is 10.5 Å². The van der Waals surface area contributed by atoms with E-state index < -0.39 is 24.2 Å². The molecule has 0 aromatic carbocycles. The molecular formula is C14H14F5N5OS. The van der Waals surface area contributed by atoms with Crippen LogP contribution in [0.2, 0.25) is 0 Å². The minimum Gasteiger partial charge on any atom is -0.404 e. The maximum absolute atomic E-state index is 12.9. The van der Waals surface area contributed by atoms with Crippen LogP contribution in [-0.4, -0.2) is 39.5 Å². The van der Waals surface area contributed by atoms with E-state index in [-0.39, 0.29) is 11.1 Å². The van der Waals surface area contributed by atoms with Crippen molar-refractivity contribution in [1.82, 2.24) is 14.6 Å². The number of allylic oxidation sites excluding steroid dienone is 1. The van der Waals surface area contributed by atoms with Gasteiger partial charge in [0.25, 0.3) is 5.56 Å². The molecule has 0 amide bonds. The van der Waals surface area contributed by atoms with E-state index in [9.17, 15) is 26.7 Å². The monoisotopic (exact) mass is 395 g/mol. The summed E-state index contributed by atoms with van der Waals surface area (Å²) in [6, 6.07) is 0. The zero-order valence-corrected chi connectivity index (χ0v) is 14.5. The Labute approximate surface area is 147 Å². The van der Waals surface area contributed by atoms with Crippen molar-refractivity contribution in [3.63, 3.8) is 0 Å². The van der Waals surface area contributed by atoms with Crippen molar-refractivity contribution in [3.8, 4) is 0 Å². The number of alkyl halides is 5. The second-order valence-corrected chi connectivity index (χ2v) is 6.36. The van der Waals surface area contributed by atoms with Crippen LogP contribution in [0.15, 0.2) is 16.0 Å². The Hall–Kier alpha value is -2.37. The first-order chi connectivity index (χ1) is 12.0. The van der Waals surface area contributed by atoms with E-state index in [2.05, 4.69) is 15.1 Å². The van der Waals surface area contributed by atoms with E-state index in [0.717, 1.165) is 10.7 Å². The lowest BCUT2D eigenvalue weighted by Crippen LogP contribution is -2.39. The van der Waals surface area contributed by atoms with Crippen LogP contribution in [0.5, 0.6) is 0 Å². The van der Waals surface area contributed by atoms with Gasteiger partial charge >= 0.3 is 12.1 Å². The number of aliphatic imine (C=N–C) groups is 1. The lowest BCUT2D eigenvalue weighted by molar-refractivity contribution is -0.276. The van der Waals surface area contributed by atoms with Gasteiger partial charge in [0.1, 0.15) is 11.6 Å². The summed E-state index contributed by atoms with van der Waals surface area (Å²) < 4.78 is 63.5. The second-order valence-electron chi connectivity index (χ2n) is 5.20. The van der Waals surface area contributed by atoms with Crippen molar-refractivity contribution in [3.05, 3.63) is 32.8 Å². The average Bonchev–Trinajstić information content (AvgIpc) is 2.92. The minimum atomic E-state index is -5.72. The number of aryl methyl sites for hydroxylation is 2. The summed E-state index contributed by atoms with van der Waals surface area (Å²) in [5.74, 6) is -4.99. The molecule has 2 rings (SSSR count). The van der Waals surface area contributed by atoms with Crippen LogP contribution in [0, 0.1) is 6.92 Å². The molecule has 2 aromatic rings. The maximum Gasteiger partial charge on any atom is 0.455 e. The summed E-state index contributed by atoms with van der Waals surface area (Å²) in [7, 11) is 0. The van der Waals surface area contributed by atoms with Crippen molar-refractivity contribution in [2.24, 2.45) is 10.7 Å². The second kappa shape index (κ2) is 7.09. The van der Waals surface area contributed by atoms with Crippen molar-refractivity contribution < 1.29 is 22.0 Å². The summed E-state index contributed by atoms with van der Waals surface area (Å²) in [4.78, 5) is 20.4. The lowest BCUT2D eigenvalue weighted by atomic mass is 10.1. The van der Waals surface area contributed by atoms with Gasteiger partial charge in [0.05, 0.1) is 11.3 Å². The average molecular weight is 395 g/mol. The highest BCUT2D eigenvalue weighted by Gasteiger charge is 2.57. The van der Waals surface area contributed by atoms with E-state index in [1.807, 2.05) is 0 Å². The predicted octanol–water partition coefficient (Wildman–Crippen LogP) is 2.59. The number of halogens is 5. The van der Waals surface area contributed by atoms with Crippen LogP contribution >= 0.6 is 11.3 Å². The zero-order valence-electron chi connectivity index (χ0n) is 13.6. The Bertz CT molecular complexity index is 928. The SMILES string of the molecule is CCc1nc2sc(C)nn2c(=O)c1/C(C=NCC(F)(F)C(F)(F)F)=C/N. The van der Waals surface area contributed by atoms with Gasteiger partial charge in [-0.1, -0.05) is 18.3 Å². The molecule has 0 atom stereocenters. The quantitative estimate of drug-likeness (QED) is 0.623. The van der Waals surface area contributed by atoms with Gasteiger partial charge in [-0.25, -0.2) is 4.98 Å². The molecule has 0 aliphatic rings. The van der Waals surface area contributed by atoms with E-state index in [1.165, 1.54) is 11.3 Å². The zero-order chi connectivity index (χ0) is 19.7. The molecule has 0 aliphatic heterocycles. The number of nitrogens with zero attached hydrogens (tertiary/aromatic N) is 4. The third-order valence-electron chi connectivity index (χ3n) is 3.32. The first-order valence-electron chi connectivity index (χ1n) is 7.27. The fourth-order valence-electron chi connectivity index (χ4n) is 2.07. The van der Waals surface area contributed by atoms with Gasteiger partial charge < -0.3 is 5.73 Å². The van der Waals surface area contributed by atoms with Gasteiger partial charge in [0.15, 0.2) is 0 Å². The fourth-order valence-corrected chi connectivity index (χ4v) is 2.82. The molecule has 26 heavy (non-hydrogen) atoms. The molecule has 0 bridgehead atoms. The molecule has 0 spiro atoms. The highest BCUT2D eigenvalue weighted by molar-refractivity contribution is 7.16. The van der Waals surface area contributed by atoms with Crippen molar-refractivity contribution >= 4 is 28.1 Å². The van der Waals surface area contributed by atoms with Crippen LogP contribution in [0.3, 0.4) is 0 Å². The standard InChI is InChI=1S/C14H14F5N5OS/c1-3-9-10(11(25)24-12(22-9)26-7(2)23-24)8(4-20)5-21-6-13(15,16)14(17,18)19/h4-5H,3,6,20H2,1-2H3/b8-4+,21-5?. The Morgan fingerprint density at radius 3 is 2.54 bits per heavy atom. The topological polar surface area (TPSA) is 85.6 Å². The van der Waals surface area contributed by atoms with Crippen molar-refractivity contribution in [2.45, 2.75) is 32.4 Å². The van der Waals surface area contributed by atoms with Gasteiger partial charge in [0.2, 0.25) is 4.96 Å².